The first-order valence-corrected chi connectivity index (χ1v) is 4.21. The summed E-state index contributed by atoms with van der Waals surface area (Å²) in [5.74, 6) is 0. The predicted octanol–water partition coefficient (Wildman–Crippen LogP) is 2.80. The minimum atomic E-state index is 1.33. The molecule has 0 saturated heterocycles. The van der Waals surface area contributed by atoms with Crippen molar-refractivity contribution in [3.8, 4) is 0 Å². The SMILES string of the molecule is Cc1cccc2c1c(C)cn2C. The Morgan fingerprint density at radius 2 is 1.83 bits per heavy atom. The van der Waals surface area contributed by atoms with Crippen LogP contribution in [0.5, 0.6) is 0 Å². The lowest BCUT2D eigenvalue weighted by atomic mass is 10.1. The summed E-state index contributed by atoms with van der Waals surface area (Å²) in [6, 6.07) is 6.43. The number of fused-ring (bicyclic) bond motifs is 1. The molecular formula is C11H13N. The van der Waals surface area contributed by atoms with Crippen LogP contribution >= 0.6 is 0 Å². The van der Waals surface area contributed by atoms with Gasteiger partial charge in [-0.05, 0) is 31.0 Å². The van der Waals surface area contributed by atoms with Crippen molar-refractivity contribution in [2.24, 2.45) is 7.05 Å². The summed E-state index contributed by atoms with van der Waals surface area (Å²) in [4.78, 5) is 0. The van der Waals surface area contributed by atoms with Crippen molar-refractivity contribution in [1.82, 2.24) is 4.57 Å². The summed E-state index contributed by atoms with van der Waals surface area (Å²) in [7, 11) is 2.09. The van der Waals surface area contributed by atoms with E-state index in [1.54, 1.807) is 0 Å². The van der Waals surface area contributed by atoms with Crippen LogP contribution < -0.4 is 0 Å². The van der Waals surface area contributed by atoms with Crippen LogP contribution in [0, 0.1) is 13.8 Å². The largest absolute Gasteiger partial charge is 0.350 e. The van der Waals surface area contributed by atoms with Crippen molar-refractivity contribution in [2.45, 2.75) is 13.8 Å². The lowest BCUT2D eigenvalue weighted by Crippen LogP contribution is -1.83. The Morgan fingerprint density at radius 3 is 2.50 bits per heavy atom. The third-order valence-electron chi connectivity index (χ3n) is 2.41. The molecule has 0 bridgehead atoms. The second kappa shape index (κ2) is 2.37. The van der Waals surface area contributed by atoms with E-state index in [1.807, 2.05) is 0 Å². The quantitative estimate of drug-likeness (QED) is 0.557. The van der Waals surface area contributed by atoms with E-state index in [9.17, 15) is 0 Å². The first-order valence-electron chi connectivity index (χ1n) is 4.21. The van der Waals surface area contributed by atoms with Crippen LogP contribution in [-0.4, -0.2) is 4.57 Å². The zero-order chi connectivity index (χ0) is 8.72. The van der Waals surface area contributed by atoms with Crippen LogP contribution in [0.4, 0.5) is 0 Å². The highest BCUT2D eigenvalue weighted by Gasteiger charge is 2.03. The maximum Gasteiger partial charge on any atom is 0.0483 e. The van der Waals surface area contributed by atoms with Crippen LogP contribution in [0.25, 0.3) is 10.9 Å². The van der Waals surface area contributed by atoms with Gasteiger partial charge in [0.15, 0.2) is 0 Å². The van der Waals surface area contributed by atoms with Crippen molar-refractivity contribution < 1.29 is 0 Å². The molecular weight excluding hydrogens is 146 g/mol. The van der Waals surface area contributed by atoms with Gasteiger partial charge in [-0.3, -0.25) is 0 Å². The fourth-order valence-corrected chi connectivity index (χ4v) is 1.88. The van der Waals surface area contributed by atoms with E-state index in [-0.39, 0.29) is 0 Å². The summed E-state index contributed by atoms with van der Waals surface area (Å²) in [6.07, 6.45) is 2.18. The van der Waals surface area contributed by atoms with E-state index in [2.05, 4.69) is 49.9 Å². The Morgan fingerprint density at radius 1 is 1.08 bits per heavy atom. The maximum absolute atomic E-state index is 2.18. The van der Waals surface area contributed by atoms with Crippen molar-refractivity contribution in [3.63, 3.8) is 0 Å². The van der Waals surface area contributed by atoms with E-state index in [4.69, 9.17) is 0 Å². The summed E-state index contributed by atoms with van der Waals surface area (Å²) in [5, 5.41) is 1.40. The molecule has 0 aliphatic heterocycles. The van der Waals surface area contributed by atoms with Gasteiger partial charge in [0.05, 0.1) is 0 Å². The third kappa shape index (κ3) is 0.860. The highest BCUT2D eigenvalue weighted by molar-refractivity contribution is 5.86. The monoisotopic (exact) mass is 159 g/mol. The minimum absolute atomic E-state index is 1.33. The molecule has 0 radical (unpaired) electrons. The van der Waals surface area contributed by atoms with Crippen LogP contribution in [-0.2, 0) is 7.05 Å². The molecule has 12 heavy (non-hydrogen) atoms. The van der Waals surface area contributed by atoms with Gasteiger partial charge in [0.25, 0.3) is 0 Å². The zero-order valence-corrected chi connectivity index (χ0v) is 7.76. The molecule has 0 aliphatic carbocycles. The molecule has 1 aromatic carbocycles. The number of aromatic nitrogens is 1. The maximum atomic E-state index is 2.18. The fourth-order valence-electron chi connectivity index (χ4n) is 1.88. The molecule has 1 heteroatoms. The molecule has 0 aliphatic rings. The van der Waals surface area contributed by atoms with Gasteiger partial charge in [-0.15, -0.1) is 0 Å². The van der Waals surface area contributed by atoms with E-state index < -0.39 is 0 Å². The number of hydrogen-bond donors (Lipinski definition) is 0. The highest BCUT2D eigenvalue weighted by atomic mass is 14.9. The van der Waals surface area contributed by atoms with E-state index in [1.165, 1.54) is 22.0 Å². The van der Waals surface area contributed by atoms with Gasteiger partial charge in [0, 0.05) is 24.1 Å². The molecule has 2 rings (SSSR count). The van der Waals surface area contributed by atoms with Crippen molar-refractivity contribution >= 4 is 10.9 Å². The third-order valence-corrected chi connectivity index (χ3v) is 2.41. The number of aryl methyl sites for hydroxylation is 3. The van der Waals surface area contributed by atoms with Crippen molar-refractivity contribution in [3.05, 3.63) is 35.5 Å². The first kappa shape index (κ1) is 7.41. The van der Waals surface area contributed by atoms with Gasteiger partial charge in [-0.1, -0.05) is 12.1 Å². The number of rotatable bonds is 0. The van der Waals surface area contributed by atoms with Gasteiger partial charge in [-0.2, -0.15) is 0 Å². The lowest BCUT2D eigenvalue weighted by Gasteiger charge is -1.98. The zero-order valence-electron chi connectivity index (χ0n) is 7.76. The van der Waals surface area contributed by atoms with Crippen molar-refractivity contribution in [1.29, 1.82) is 0 Å². The van der Waals surface area contributed by atoms with E-state index in [0.717, 1.165) is 0 Å². The summed E-state index contributed by atoms with van der Waals surface area (Å²) in [6.45, 7) is 4.32. The average Bonchev–Trinajstić information content (AvgIpc) is 2.29. The number of hydrogen-bond acceptors (Lipinski definition) is 0. The summed E-state index contributed by atoms with van der Waals surface area (Å²) < 4.78 is 2.18. The Bertz CT molecular complexity index is 424. The first-order chi connectivity index (χ1) is 5.70. The van der Waals surface area contributed by atoms with Gasteiger partial charge < -0.3 is 4.57 Å². The Hall–Kier alpha value is -1.24. The second-order valence-electron chi connectivity index (χ2n) is 3.39. The van der Waals surface area contributed by atoms with Crippen LogP contribution in [0.2, 0.25) is 0 Å². The molecule has 0 N–H and O–H groups in total. The Balaban J connectivity index is 2.99. The summed E-state index contributed by atoms with van der Waals surface area (Å²) >= 11 is 0. The molecule has 1 aromatic heterocycles. The molecule has 0 spiro atoms. The molecule has 1 heterocycles. The fraction of sp³-hybridized carbons (Fsp3) is 0.273. The molecule has 0 saturated carbocycles. The molecule has 0 atom stereocenters. The second-order valence-corrected chi connectivity index (χ2v) is 3.39. The van der Waals surface area contributed by atoms with Crippen LogP contribution in [0.15, 0.2) is 24.4 Å². The molecule has 2 aromatic rings. The summed E-state index contributed by atoms with van der Waals surface area (Å²) in [5.41, 5.74) is 4.06. The van der Waals surface area contributed by atoms with Gasteiger partial charge in [0.2, 0.25) is 0 Å². The van der Waals surface area contributed by atoms with Crippen LogP contribution in [0.3, 0.4) is 0 Å². The Labute approximate surface area is 72.6 Å². The lowest BCUT2D eigenvalue weighted by molar-refractivity contribution is 0.964. The van der Waals surface area contributed by atoms with Crippen molar-refractivity contribution in [2.75, 3.05) is 0 Å². The molecule has 0 fully saturated rings. The normalized spacial score (nSPS) is 10.9. The highest BCUT2D eigenvalue weighted by Crippen LogP contribution is 2.22. The smallest absolute Gasteiger partial charge is 0.0483 e. The predicted molar refractivity (Wildman–Crippen MR) is 52.4 cm³/mol. The Kier molecular flexibility index (Phi) is 1.47. The number of benzene rings is 1. The van der Waals surface area contributed by atoms with E-state index >= 15 is 0 Å². The molecule has 62 valence electrons. The minimum Gasteiger partial charge on any atom is -0.350 e. The van der Waals surface area contributed by atoms with Gasteiger partial charge in [0.1, 0.15) is 0 Å². The molecule has 0 unspecified atom stereocenters. The van der Waals surface area contributed by atoms with Gasteiger partial charge in [-0.25, -0.2) is 0 Å². The molecule has 0 amide bonds. The standard InChI is InChI=1S/C11H13N/c1-8-5-4-6-10-11(8)9(2)7-12(10)3/h4-7H,1-3H3. The average molecular weight is 159 g/mol. The topological polar surface area (TPSA) is 4.93 Å². The van der Waals surface area contributed by atoms with Gasteiger partial charge >= 0.3 is 0 Å². The van der Waals surface area contributed by atoms with E-state index in [0.29, 0.717) is 0 Å². The van der Waals surface area contributed by atoms with Crippen LogP contribution in [0.1, 0.15) is 11.1 Å². The number of nitrogens with zero attached hydrogens (tertiary/aromatic N) is 1. The molecule has 1 nitrogen and oxygen atoms in total.